The van der Waals surface area contributed by atoms with Crippen LogP contribution in [0.15, 0.2) is 0 Å². The van der Waals surface area contributed by atoms with Crippen molar-refractivity contribution < 1.29 is 4.74 Å². The number of rotatable bonds is 6. The van der Waals surface area contributed by atoms with E-state index in [1.165, 1.54) is 12.8 Å². The van der Waals surface area contributed by atoms with Gasteiger partial charge in [0.1, 0.15) is 0 Å². The standard InChI is InChI=1S/C14H25ClN4O/c1-3-12-14(15)13(19(2)18-12)9-10(17-16)8-11-6-4-5-7-20-11/h10-11,17H,3-9,16H2,1-2H3. The monoisotopic (exact) mass is 300 g/mol. The van der Waals surface area contributed by atoms with Crippen LogP contribution in [0, 0.1) is 0 Å². The van der Waals surface area contributed by atoms with E-state index in [-0.39, 0.29) is 6.04 Å². The second kappa shape index (κ2) is 7.41. The zero-order valence-corrected chi connectivity index (χ0v) is 13.1. The van der Waals surface area contributed by atoms with Crippen LogP contribution < -0.4 is 11.3 Å². The maximum absolute atomic E-state index is 6.39. The molecule has 0 aromatic carbocycles. The molecule has 2 unspecified atom stereocenters. The Morgan fingerprint density at radius 1 is 1.55 bits per heavy atom. The molecule has 1 aliphatic rings. The molecule has 3 N–H and O–H groups in total. The highest BCUT2D eigenvalue weighted by atomic mass is 35.5. The number of hydrogen-bond donors (Lipinski definition) is 2. The maximum Gasteiger partial charge on any atom is 0.0850 e. The fourth-order valence-corrected chi connectivity index (χ4v) is 3.17. The minimum Gasteiger partial charge on any atom is -0.378 e. The molecule has 114 valence electrons. The molecule has 2 heterocycles. The van der Waals surface area contributed by atoms with Gasteiger partial charge >= 0.3 is 0 Å². The molecule has 2 atom stereocenters. The van der Waals surface area contributed by atoms with Gasteiger partial charge in [-0.05, 0) is 32.1 Å². The van der Waals surface area contributed by atoms with Crippen LogP contribution in [0.25, 0.3) is 0 Å². The molecule has 1 saturated heterocycles. The Morgan fingerprint density at radius 2 is 2.35 bits per heavy atom. The van der Waals surface area contributed by atoms with Gasteiger partial charge in [0.2, 0.25) is 0 Å². The highest BCUT2D eigenvalue weighted by Crippen LogP contribution is 2.24. The van der Waals surface area contributed by atoms with Gasteiger partial charge in [-0.15, -0.1) is 0 Å². The Labute approximate surface area is 125 Å². The Bertz CT molecular complexity index is 429. The first-order chi connectivity index (χ1) is 9.65. The largest absolute Gasteiger partial charge is 0.378 e. The zero-order valence-electron chi connectivity index (χ0n) is 12.4. The van der Waals surface area contributed by atoms with Crippen LogP contribution in [-0.4, -0.2) is 28.5 Å². The van der Waals surface area contributed by atoms with E-state index in [1.54, 1.807) is 0 Å². The van der Waals surface area contributed by atoms with Crippen LogP contribution in [-0.2, 0) is 24.6 Å². The lowest BCUT2D eigenvalue weighted by Crippen LogP contribution is -2.40. The van der Waals surface area contributed by atoms with Crippen molar-refractivity contribution >= 4 is 11.6 Å². The van der Waals surface area contributed by atoms with Crippen LogP contribution in [0.2, 0.25) is 5.02 Å². The Kier molecular flexibility index (Phi) is 5.84. The van der Waals surface area contributed by atoms with Gasteiger partial charge < -0.3 is 4.74 Å². The SMILES string of the molecule is CCc1nn(C)c(CC(CC2CCCCO2)NN)c1Cl. The molecule has 0 aliphatic carbocycles. The summed E-state index contributed by atoms with van der Waals surface area (Å²) in [5.41, 5.74) is 4.90. The summed E-state index contributed by atoms with van der Waals surface area (Å²) in [5, 5.41) is 5.23. The number of aryl methyl sites for hydroxylation is 2. The van der Waals surface area contributed by atoms with Gasteiger partial charge in [0, 0.05) is 26.1 Å². The molecule has 5 nitrogen and oxygen atoms in total. The summed E-state index contributed by atoms with van der Waals surface area (Å²) in [5.74, 6) is 5.70. The first kappa shape index (κ1) is 15.8. The van der Waals surface area contributed by atoms with Crippen molar-refractivity contribution in [2.45, 2.75) is 57.6 Å². The Morgan fingerprint density at radius 3 is 2.90 bits per heavy atom. The molecule has 1 aromatic heterocycles. The molecule has 0 amide bonds. The van der Waals surface area contributed by atoms with Gasteiger partial charge in [-0.3, -0.25) is 16.0 Å². The Hall–Kier alpha value is -0.620. The van der Waals surface area contributed by atoms with Crippen molar-refractivity contribution in [3.63, 3.8) is 0 Å². The lowest BCUT2D eigenvalue weighted by atomic mass is 9.99. The third kappa shape index (κ3) is 3.73. The fourth-order valence-electron chi connectivity index (χ4n) is 2.80. The van der Waals surface area contributed by atoms with Crippen LogP contribution in [0.1, 0.15) is 44.0 Å². The quantitative estimate of drug-likeness (QED) is 0.623. The smallest absolute Gasteiger partial charge is 0.0850 e. The maximum atomic E-state index is 6.39. The van der Waals surface area contributed by atoms with E-state index in [1.807, 2.05) is 11.7 Å². The van der Waals surface area contributed by atoms with Crippen LogP contribution >= 0.6 is 11.6 Å². The second-order valence-corrected chi connectivity index (χ2v) is 5.85. The number of nitrogens with two attached hydrogens (primary N) is 1. The van der Waals surface area contributed by atoms with Gasteiger partial charge in [-0.25, -0.2) is 0 Å². The molecule has 1 aliphatic heterocycles. The first-order valence-electron chi connectivity index (χ1n) is 7.43. The minimum atomic E-state index is 0.163. The molecule has 2 rings (SSSR count). The predicted molar refractivity (Wildman–Crippen MR) is 80.6 cm³/mol. The molecule has 0 bridgehead atoms. The van der Waals surface area contributed by atoms with Crippen molar-refractivity contribution in [2.75, 3.05) is 6.61 Å². The normalized spacial score (nSPS) is 21.1. The topological polar surface area (TPSA) is 65.1 Å². The third-order valence-electron chi connectivity index (χ3n) is 4.00. The molecular weight excluding hydrogens is 276 g/mol. The Balaban J connectivity index is 2.00. The van der Waals surface area contributed by atoms with Gasteiger partial charge in [0.15, 0.2) is 0 Å². The van der Waals surface area contributed by atoms with Crippen molar-refractivity contribution in [2.24, 2.45) is 12.9 Å². The number of halogens is 1. The van der Waals surface area contributed by atoms with E-state index in [0.717, 1.165) is 48.7 Å². The lowest BCUT2D eigenvalue weighted by molar-refractivity contribution is 0.00514. The van der Waals surface area contributed by atoms with Gasteiger partial charge in [-0.1, -0.05) is 18.5 Å². The minimum absolute atomic E-state index is 0.163. The molecule has 20 heavy (non-hydrogen) atoms. The van der Waals surface area contributed by atoms with Gasteiger partial charge in [0.05, 0.1) is 22.5 Å². The molecule has 0 spiro atoms. The number of hydrogen-bond acceptors (Lipinski definition) is 4. The molecule has 1 fully saturated rings. The van der Waals surface area contributed by atoms with Crippen molar-refractivity contribution in [1.29, 1.82) is 0 Å². The average Bonchev–Trinajstić information content (AvgIpc) is 2.74. The molecule has 0 saturated carbocycles. The molecular formula is C14H25ClN4O. The second-order valence-electron chi connectivity index (χ2n) is 5.48. The number of hydrazine groups is 1. The van der Waals surface area contributed by atoms with Gasteiger partial charge in [-0.2, -0.15) is 5.10 Å². The van der Waals surface area contributed by atoms with Crippen molar-refractivity contribution in [3.8, 4) is 0 Å². The van der Waals surface area contributed by atoms with Gasteiger partial charge in [0.25, 0.3) is 0 Å². The summed E-state index contributed by atoms with van der Waals surface area (Å²) in [7, 11) is 1.94. The summed E-state index contributed by atoms with van der Waals surface area (Å²) < 4.78 is 7.65. The van der Waals surface area contributed by atoms with Crippen molar-refractivity contribution in [3.05, 3.63) is 16.4 Å². The van der Waals surface area contributed by atoms with Crippen LogP contribution in [0.3, 0.4) is 0 Å². The highest BCUT2D eigenvalue weighted by Gasteiger charge is 2.22. The van der Waals surface area contributed by atoms with Crippen molar-refractivity contribution in [1.82, 2.24) is 15.2 Å². The fraction of sp³-hybridized carbons (Fsp3) is 0.786. The van der Waals surface area contributed by atoms with E-state index in [2.05, 4.69) is 17.4 Å². The van der Waals surface area contributed by atoms with E-state index in [0.29, 0.717) is 6.10 Å². The molecule has 6 heteroatoms. The summed E-state index contributed by atoms with van der Waals surface area (Å²) in [6, 6.07) is 0.163. The molecule has 0 radical (unpaired) electrons. The van der Waals surface area contributed by atoms with E-state index in [9.17, 15) is 0 Å². The number of aromatic nitrogens is 2. The summed E-state index contributed by atoms with van der Waals surface area (Å²) in [4.78, 5) is 0. The van der Waals surface area contributed by atoms with Crippen LogP contribution in [0.5, 0.6) is 0 Å². The van der Waals surface area contributed by atoms with E-state index >= 15 is 0 Å². The average molecular weight is 301 g/mol. The predicted octanol–water partition coefficient (Wildman–Crippen LogP) is 1.97. The summed E-state index contributed by atoms with van der Waals surface area (Å²) >= 11 is 6.39. The highest BCUT2D eigenvalue weighted by molar-refractivity contribution is 6.31. The summed E-state index contributed by atoms with van der Waals surface area (Å²) in [6.45, 7) is 2.93. The first-order valence-corrected chi connectivity index (χ1v) is 7.81. The van der Waals surface area contributed by atoms with E-state index < -0.39 is 0 Å². The molecule has 1 aromatic rings. The number of ether oxygens (including phenoxy) is 1. The third-order valence-corrected chi connectivity index (χ3v) is 4.44. The lowest BCUT2D eigenvalue weighted by Gasteiger charge is -2.26. The summed E-state index contributed by atoms with van der Waals surface area (Å²) in [6.07, 6.45) is 6.39. The van der Waals surface area contributed by atoms with E-state index in [4.69, 9.17) is 22.2 Å². The number of nitrogens with zero attached hydrogens (tertiary/aromatic N) is 2. The zero-order chi connectivity index (χ0) is 14.5. The van der Waals surface area contributed by atoms with Crippen LogP contribution in [0.4, 0.5) is 0 Å². The number of nitrogens with one attached hydrogen (secondary N) is 1.